The largest absolute Gasteiger partial charge is 0.314 e. The van der Waals surface area contributed by atoms with Gasteiger partial charge in [0.1, 0.15) is 0 Å². The molecule has 3 heteroatoms. The third kappa shape index (κ3) is 3.88. The smallest absolute Gasteiger partial charge is 0.0628 e. The molecule has 0 aromatic carbocycles. The zero-order valence-electron chi connectivity index (χ0n) is 13.6. The summed E-state index contributed by atoms with van der Waals surface area (Å²) in [4.78, 5) is 0. The maximum absolute atomic E-state index is 4.91. The molecule has 2 aliphatic rings. The third-order valence-corrected chi connectivity index (χ3v) is 5.46. The van der Waals surface area contributed by atoms with Crippen LogP contribution in [0.15, 0.2) is 12.3 Å². The van der Waals surface area contributed by atoms with E-state index >= 15 is 0 Å². The van der Waals surface area contributed by atoms with Crippen LogP contribution < -0.4 is 5.32 Å². The average molecular weight is 289 g/mol. The molecule has 1 aromatic rings. The van der Waals surface area contributed by atoms with E-state index in [0.29, 0.717) is 12.1 Å². The first-order valence-electron chi connectivity index (χ1n) is 9.14. The van der Waals surface area contributed by atoms with Gasteiger partial charge < -0.3 is 5.32 Å². The maximum Gasteiger partial charge on any atom is 0.0628 e. The fraction of sp³-hybridized carbons (Fsp3) is 0.833. The summed E-state index contributed by atoms with van der Waals surface area (Å²) < 4.78 is 2.26. The van der Waals surface area contributed by atoms with Crippen molar-refractivity contribution in [1.82, 2.24) is 15.1 Å². The fourth-order valence-corrected chi connectivity index (χ4v) is 4.29. The zero-order valence-corrected chi connectivity index (χ0v) is 13.6. The molecular formula is C18H31N3. The van der Waals surface area contributed by atoms with Crippen LogP contribution in [0.2, 0.25) is 0 Å². The normalized spacial score (nSPS) is 27.9. The standard InChI is InChI=1S/C18H31N3/c1-2-19-18-11-7-6-8-15(18)14-16-12-13-21(20-16)17-9-4-3-5-10-17/h12-13,15,17-19H,2-11,14H2,1H3. The molecule has 2 unspecified atom stereocenters. The minimum absolute atomic E-state index is 0.670. The van der Waals surface area contributed by atoms with Gasteiger partial charge in [0.2, 0.25) is 0 Å². The van der Waals surface area contributed by atoms with Crippen molar-refractivity contribution in [2.45, 2.75) is 83.2 Å². The molecule has 0 radical (unpaired) electrons. The number of hydrogen-bond acceptors (Lipinski definition) is 2. The highest BCUT2D eigenvalue weighted by atomic mass is 15.3. The van der Waals surface area contributed by atoms with Crippen LogP contribution in [0, 0.1) is 5.92 Å². The summed E-state index contributed by atoms with van der Waals surface area (Å²) in [6, 6.07) is 3.65. The Morgan fingerprint density at radius 2 is 1.86 bits per heavy atom. The number of nitrogens with zero attached hydrogens (tertiary/aromatic N) is 2. The molecular weight excluding hydrogens is 258 g/mol. The second-order valence-electron chi connectivity index (χ2n) is 6.99. The lowest BCUT2D eigenvalue weighted by molar-refractivity contribution is 0.261. The average Bonchev–Trinajstić information content (AvgIpc) is 2.99. The molecule has 3 rings (SSSR count). The van der Waals surface area contributed by atoms with Crippen LogP contribution in [0.4, 0.5) is 0 Å². The molecule has 1 aromatic heterocycles. The van der Waals surface area contributed by atoms with Crippen LogP contribution in [0.25, 0.3) is 0 Å². The molecule has 0 spiro atoms. The second-order valence-corrected chi connectivity index (χ2v) is 6.99. The molecule has 2 aliphatic carbocycles. The molecule has 118 valence electrons. The van der Waals surface area contributed by atoms with E-state index in [1.807, 2.05) is 0 Å². The van der Waals surface area contributed by atoms with E-state index in [-0.39, 0.29) is 0 Å². The van der Waals surface area contributed by atoms with Crippen LogP contribution in [0.1, 0.15) is 76.4 Å². The zero-order chi connectivity index (χ0) is 14.5. The lowest BCUT2D eigenvalue weighted by atomic mass is 9.81. The first kappa shape index (κ1) is 15.1. The van der Waals surface area contributed by atoms with Gasteiger partial charge in [-0.05, 0) is 50.6 Å². The van der Waals surface area contributed by atoms with Gasteiger partial charge in [-0.3, -0.25) is 4.68 Å². The SMILES string of the molecule is CCNC1CCCCC1Cc1ccn(C2CCCCC2)n1. The summed E-state index contributed by atoms with van der Waals surface area (Å²) in [6.07, 6.45) is 15.7. The molecule has 3 nitrogen and oxygen atoms in total. The highest BCUT2D eigenvalue weighted by Crippen LogP contribution is 2.29. The summed E-state index contributed by atoms with van der Waals surface area (Å²) >= 11 is 0. The van der Waals surface area contributed by atoms with E-state index in [2.05, 4.69) is 29.2 Å². The van der Waals surface area contributed by atoms with Crippen molar-refractivity contribution < 1.29 is 0 Å². The minimum Gasteiger partial charge on any atom is -0.314 e. The van der Waals surface area contributed by atoms with E-state index in [1.165, 1.54) is 63.5 Å². The van der Waals surface area contributed by atoms with Crippen molar-refractivity contribution in [3.05, 3.63) is 18.0 Å². The van der Waals surface area contributed by atoms with Gasteiger partial charge in [0.25, 0.3) is 0 Å². The van der Waals surface area contributed by atoms with Gasteiger partial charge >= 0.3 is 0 Å². The van der Waals surface area contributed by atoms with Crippen molar-refractivity contribution in [3.8, 4) is 0 Å². The van der Waals surface area contributed by atoms with Gasteiger partial charge in [0, 0.05) is 12.2 Å². The summed E-state index contributed by atoms with van der Waals surface area (Å²) in [5, 5.41) is 8.60. The molecule has 0 saturated heterocycles. The molecule has 1 N–H and O–H groups in total. The number of aromatic nitrogens is 2. The predicted molar refractivity (Wildman–Crippen MR) is 87.5 cm³/mol. The summed E-state index contributed by atoms with van der Waals surface area (Å²) in [6.45, 7) is 3.32. The van der Waals surface area contributed by atoms with Crippen molar-refractivity contribution >= 4 is 0 Å². The van der Waals surface area contributed by atoms with E-state index in [9.17, 15) is 0 Å². The number of hydrogen-bond donors (Lipinski definition) is 1. The first-order valence-corrected chi connectivity index (χ1v) is 9.14. The summed E-state index contributed by atoms with van der Waals surface area (Å²) in [5.74, 6) is 0.786. The van der Waals surface area contributed by atoms with Crippen LogP contribution in [0.3, 0.4) is 0 Å². The van der Waals surface area contributed by atoms with Crippen LogP contribution >= 0.6 is 0 Å². The Balaban J connectivity index is 1.60. The molecule has 0 amide bonds. The third-order valence-electron chi connectivity index (χ3n) is 5.46. The quantitative estimate of drug-likeness (QED) is 0.884. The highest BCUT2D eigenvalue weighted by molar-refractivity contribution is 5.03. The Morgan fingerprint density at radius 3 is 2.67 bits per heavy atom. The van der Waals surface area contributed by atoms with Crippen LogP contribution in [0.5, 0.6) is 0 Å². The Bertz CT molecular complexity index is 418. The minimum atomic E-state index is 0.670. The van der Waals surface area contributed by atoms with Gasteiger partial charge in [-0.1, -0.05) is 39.0 Å². The monoisotopic (exact) mass is 289 g/mol. The van der Waals surface area contributed by atoms with Gasteiger partial charge in [-0.2, -0.15) is 5.10 Å². The maximum atomic E-state index is 4.91. The molecule has 2 atom stereocenters. The van der Waals surface area contributed by atoms with Gasteiger partial charge in [0.15, 0.2) is 0 Å². The van der Waals surface area contributed by atoms with Gasteiger partial charge in [0.05, 0.1) is 11.7 Å². The van der Waals surface area contributed by atoms with Crippen LogP contribution in [-0.2, 0) is 6.42 Å². The van der Waals surface area contributed by atoms with E-state index in [4.69, 9.17) is 5.10 Å². The van der Waals surface area contributed by atoms with Crippen molar-refractivity contribution in [3.63, 3.8) is 0 Å². The van der Waals surface area contributed by atoms with Gasteiger partial charge in [-0.15, -0.1) is 0 Å². The molecule has 2 fully saturated rings. The summed E-state index contributed by atoms with van der Waals surface area (Å²) in [7, 11) is 0. The fourth-order valence-electron chi connectivity index (χ4n) is 4.29. The van der Waals surface area contributed by atoms with E-state index in [0.717, 1.165) is 18.9 Å². The Kier molecular flexibility index (Phi) is 5.34. The first-order chi connectivity index (χ1) is 10.4. The van der Waals surface area contributed by atoms with Gasteiger partial charge in [-0.25, -0.2) is 0 Å². The summed E-state index contributed by atoms with van der Waals surface area (Å²) in [5.41, 5.74) is 1.32. The Morgan fingerprint density at radius 1 is 1.10 bits per heavy atom. The molecule has 0 aliphatic heterocycles. The van der Waals surface area contributed by atoms with Crippen molar-refractivity contribution in [2.24, 2.45) is 5.92 Å². The second kappa shape index (κ2) is 7.44. The lowest BCUT2D eigenvalue weighted by Crippen LogP contribution is -2.39. The topological polar surface area (TPSA) is 29.9 Å². The highest BCUT2D eigenvalue weighted by Gasteiger charge is 2.25. The molecule has 0 bridgehead atoms. The Labute approximate surface area is 129 Å². The van der Waals surface area contributed by atoms with E-state index in [1.54, 1.807) is 0 Å². The molecule has 2 saturated carbocycles. The Hall–Kier alpha value is -0.830. The van der Waals surface area contributed by atoms with Crippen LogP contribution in [-0.4, -0.2) is 22.4 Å². The molecule has 1 heterocycles. The van der Waals surface area contributed by atoms with E-state index < -0.39 is 0 Å². The molecule has 21 heavy (non-hydrogen) atoms. The predicted octanol–water partition coefficient (Wildman–Crippen LogP) is 4.10. The number of rotatable bonds is 5. The number of nitrogens with one attached hydrogen (secondary N) is 1. The lowest BCUT2D eigenvalue weighted by Gasteiger charge is -2.31. The van der Waals surface area contributed by atoms with Crippen molar-refractivity contribution in [1.29, 1.82) is 0 Å². The van der Waals surface area contributed by atoms with Crippen molar-refractivity contribution in [2.75, 3.05) is 6.54 Å².